The second-order valence-corrected chi connectivity index (χ2v) is 9.02. The molecule has 36 heavy (non-hydrogen) atoms. The van der Waals surface area contributed by atoms with Crippen molar-refractivity contribution in [1.29, 1.82) is 0 Å². The smallest absolute Gasteiger partial charge is 0.194 e. The SMILES string of the molecule is CC(=O)c1c(O)c(C)c(O)c2c1OC1=CC(=O)/C(=C(/C)NCC(O)COCc3ccco3)C(=O)[C@]12C. The maximum Gasteiger partial charge on any atom is 0.194 e. The Morgan fingerprint density at radius 2 is 1.94 bits per heavy atom. The van der Waals surface area contributed by atoms with Crippen LogP contribution >= 0.6 is 0 Å². The van der Waals surface area contributed by atoms with E-state index in [9.17, 15) is 29.7 Å². The van der Waals surface area contributed by atoms with E-state index in [0.29, 0.717) is 5.76 Å². The number of Topliss-reactive ketones (excluding diaryl/α,β-unsaturated/α-hetero) is 2. The first kappa shape index (κ1) is 25.2. The summed E-state index contributed by atoms with van der Waals surface area (Å²) in [5.74, 6) is -2.21. The highest BCUT2D eigenvalue weighted by molar-refractivity contribution is 6.31. The van der Waals surface area contributed by atoms with Crippen LogP contribution in [0, 0.1) is 6.92 Å². The molecule has 4 N–H and O–H groups in total. The highest BCUT2D eigenvalue weighted by Gasteiger charge is 2.56. The number of carbonyl (C=O) groups is 3. The first-order valence-electron chi connectivity index (χ1n) is 11.3. The average molecular weight is 498 g/mol. The number of carbonyl (C=O) groups excluding carboxylic acids is 3. The molecule has 1 aromatic carbocycles. The normalized spacial score (nSPS) is 20.9. The molecule has 190 valence electrons. The predicted molar refractivity (Wildman–Crippen MR) is 126 cm³/mol. The van der Waals surface area contributed by atoms with Gasteiger partial charge >= 0.3 is 0 Å². The van der Waals surface area contributed by atoms with E-state index in [-0.39, 0.29) is 59.2 Å². The summed E-state index contributed by atoms with van der Waals surface area (Å²) in [6.07, 6.45) is 1.72. The highest BCUT2D eigenvalue weighted by atomic mass is 16.5. The number of allylic oxidation sites excluding steroid dienone is 4. The minimum Gasteiger partial charge on any atom is -0.507 e. The molecule has 2 atom stereocenters. The second kappa shape index (κ2) is 9.29. The maximum atomic E-state index is 13.7. The standard InChI is InChI=1S/C26H27NO9/c1-12-22(31)20(14(3)28)24-21(23(12)32)26(4)18(36-24)8-17(30)19(25(26)33)13(2)27-9-15(29)10-34-11-16-6-5-7-35-16/h5-8,15,27,29,31-32H,9-11H2,1-4H3/b19-13+/t15?,26-/m1/s1. The summed E-state index contributed by atoms with van der Waals surface area (Å²) in [4.78, 5) is 38.9. The number of benzene rings is 1. The van der Waals surface area contributed by atoms with Gasteiger partial charge in [0.1, 0.15) is 46.4 Å². The number of hydrogen-bond donors (Lipinski definition) is 4. The van der Waals surface area contributed by atoms with Gasteiger partial charge in [-0.15, -0.1) is 0 Å². The molecule has 10 nitrogen and oxygen atoms in total. The van der Waals surface area contributed by atoms with Crippen molar-refractivity contribution < 1.29 is 43.6 Å². The number of hydrogen-bond acceptors (Lipinski definition) is 10. The van der Waals surface area contributed by atoms with E-state index in [4.69, 9.17) is 13.9 Å². The van der Waals surface area contributed by atoms with Crippen LogP contribution in [0.15, 0.2) is 45.9 Å². The number of aromatic hydroxyl groups is 2. The molecule has 1 aliphatic heterocycles. The Morgan fingerprint density at radius 3 is 2.58 bits per heavy atom. The number of ketones is 3. The Hall–Kier alpha value is -3.89. The maximum absolute atomic E-state index is 13.7. The number of phenolic OH excluding ortho intramolecular Hbond substituents is 2. The molecule has 0 bridgehead atoms. The lowest BCUT2D eigenvalue weighted by Crippen LogP contribution is -2.41. The van der Waals surface area contributed by atoms with Crippen LogP contribution in [0.5, 0.6) is 17.2 Å². The molecule has 0 amide bonds. The summed E-state index contributed by atoms with van der Waals surface area (Å²) in [7, 11) is 0. The molecule has 2 aromatic rings. The average Bonchev–Trinajstić information content (AvgIpc) is 3.43. The van der Waals surface area contributed by atoms with Gasteiger partial charge in [-0.25, -0.2) is 0 Å². The number of phenols is 2. The predicted octanol–water partition coefficient (Wildman–Crippen LogP) is 2.33. The van der Waals surface area contributed by atoms with E-state index < -0.39 is 40.4 Å². The number of nitrogens with one attached hydrogen (secondary N) is 1. The van der Waals surface area contributed by atoms with Crippen molar-refractivity contribution in [3.8, 4) is 17.2 Å². The number of aliphatic hydroxyl groups is 1. The number of aliphatic hydroxyl groups excluding tert-OH is 1. The van der Waals surface area contributed by atoms with Gasteiger partial charge in [0.15, 0.2) is 17.3 Å². The minimum absolute atomic E-state index is 0.00113. The fourth-order valence-electron chi connectivity index (χ4n) is 4.47. The highest BCUT2D eigenvalue weighted by Crippen LogP contribution is 2.57. The lowest BCUT2D eigenvalue weighted by Gasteiger charge is -2.29. The van der Waals surface area contributed by atoms with Crippen LogP contribution in [0.3, 0.4) is 0 Å². The van der Waals surface area contributed by atoms with Crippen LogP contribution in [0.25, 0.3) is 0 Å². The third-order valence-corrected chi connectivity index (χ3v) is 6.50. The molecule has 0 fully saturated rings. The number of fused-ring (bicyclic) bond motifs is 3. The van der Waals surface area contributed by atoms with Gasteiger partial charge in [-0.05, 0) is 39.8 Å². The van der Waals surface area contributed by atoms with E-state index >= 15 is 0 Å². The zero-order chi connectivity index (χ0) is 26.4. The molecular weight excluding hydrogens is 470 g/mol. The third-order valence-electron chi connectivity index (χ3n) is 6.50. The van der Waals surface area contributed by atoms with E-state index in [1.165, 1.54) is 34.0 Å². The third kappa shape index (κ3) is 3.98. The number of rotatable bonds is 8. The van der Waals surface area contributed by atoms with Crippen LogP contribution in [0.1, 0.15) is 48.0 Å². The van der Waals surface area contributed by atoms with Crippen molar-refractivity contribution in [2.24, 2.45) is 0 Å². The summed E-state index contributed by atoms with van der Waals surface area (Å²) in [6.45, 7) is 5.84. The molecule has 4 rings (SSSR count). The lowest BCUT2D eigenvalue weighted by molar-refractivity contribution is -0.123. The van der Waals surface area contributed by atoms with Crippen molar-refractivity contribution in [3.63, 3.8) is 0 Å². The van der Waals surface area contributed by atoms with Crippen molar-refractivity contribution >= 4 is 17.3 Å². The molecule has 2 aliphatic rings. The topological polar surface area (TPSA) is 156 Å². The number of furan rings is 1. The Bertz CT molecular complexity index is 1320. The van der Waals surface area contributed by atoms with Gasteiger partial charge in [0.05, 0.1) is 30.1 Å². The van der Waals surface area contributed by atoms with Crippen molar-refractivity contribution in [3.05, 3.63) is 64.0 Å². The largest absolute Gasteiger partial charge is 0.507 e. The summed E-state index contributed by atoms with van der Waals surface area (Å²) < 4.78 is 16.3. The molecule has 0 spiro atoms. The van der Waals surface area contributed by atoms with Gasteiger partial charge in [0.2, 0.25) is 0 Å². The quantitative estimate of drug-likeness (QED) is 0.243. The first-order chi connectivity index (χ1) is 17.0. The van der Waals surface area contributed by atoms with Gasteiger partial charge in [-0.3, -0.25) is 14.4 Å². The molecule has 1 unspecified atom stereocenters. The molecule has 10 heteroatoms. The van der Waals surface area contributed by atoms with E-state index in [1.54, 1.807) is 12.1 Å². The van der Waals surface area contributed by atoms with E-state index in [0.717, 1.165) is 6.08 Å². The van der Waals surface area contributed by atoms with Crippen LogP contribution in [-0.4, -0.2) is 51.9 Å². The van der Waals surface area contributed by atoms with Gasteiger partial charge in [0, 0.05) is 23.9 Å². The van der Waals surface area contributed by atoms with Gasteiger partial charge < -0.3 is 34.5 Å². The molecule has 0 saturated heterocycles. The lowest BCUT2D eigenvalue weighted by atomic mass is 9.70. The van der Waals surface area contributed by atoms with Crippen molar-refractivity contribution in [2.45, 2.75) is 45.8 Å². The van der Waals surface area contributed by atoms with Crippen molar-refractivity contribution in [1.82, 2.24) is 5.32 Å². The molecule has 0 radical (unpaired) electrons. The molecule has 1 aromatic heterocycles. The van der Waals surface area contributed by atoms with Crippen LogP contribution < -0.4 is 10.1 Å². The van der Waals surface area contributed by atoms with Gasteiger partial charge in [-0.1, -0.05) is 0 Å². The zero-order valence-corrected chi connectivity index (χ0v) is 20.3. The van der Waals surface area contributed by atoms with Crippen molar-refractivity contribution in [2.75, 3.05) is 13.2 Å². The van der Waals surface area contributed by atoms with E-state index in [1.807, 2.05) is 0 Å². The van der Waals surface area contributed by atoms with Crippen LogP contribution in [0.2, 0.25) is 0 Å². The molecule has 1 aliphatic carbocycles. The second-order valence-electron chi connectivity index (χ2n) is 9.02. The van der Waals surface area contributed by atoms with Gasteiger partial charge in [-0.2, -0.15) is 0 Å². The van der Waals surface area contributed by atoms with Crippen LogP contribution in [0.4, 0.5) is 0 Å². The Balaban J connectivity index is 1.60. The Kier molecular flexibility index (Phi) is 6.50. The Labute approximate surface area is 206 Å². The summed E-state index contributed by atoms with van der Waals surface area (Å²) in [5.41, 5.74) is -1.68. The van der Waals surface area contributed by atoms with Gasteiger partial charge in [0.25, 0.3) is 0 Å². The molecule has 2 heterocycles. The molecule has 0 saturated carbocycles. The number of ether oxygens (including phenoxy) is 2. The summed E-state index contributed by atoms with van der Waals surface area (Å²) in [6, 6.07) is 3.47. The molecular formula is C26H27NO9. The van der Waals surface area contributed by atoms with Crippen LogP contribution in [-0.2, 0) is 26.3 Å². The first-order valence-corrected chi connectivity index (χ1v) is 11.3. The Morgan fingerprint density at radius 1 is 1.22 bits per heavy atom. The zero-order valence-electron chi connectivity index (χ0n) is 20.3. The summed E-state index contributed by atoms with van der Waals surface area (Å²) >= 11 is 0. The minimum atomic E-state index is -1.60. The fraction of sp³-hybridized carbons (Fsp3) is 0.346. The fourth-order valence-corrected chi connectivity index (χ4v) is 4.47. The summed E-state index contributed by atoms with van der Waals surface area (Å²) in [5, 5.41) is 34.4. The van der Waals surface area contributed by atoms with E-state index in [2.05, 4.69) is 5.32 Å². The monoisotopic (exact) mass is 497 g/mol.